The van der Waals surface area contributed by atoms with E-state index >= 15 is 0 Å². The molecule has 0 radical (unpaired) electrons. The number of hydrogen-bond acceptors (Lipinski definition) is 3. The number of piperidine rings is 1. The van der Waals surface area contributed by atoms with Gasteiger partial charge >= 0.3 is 6.18 Å². The number of nitrogens with zero attached hydrogens (tertiary/aromatic N) is 1. The molecule has 1 atom stereocenters. The van der Waals surface area contributed by atoms with E-state index in [-0.39, 0.29) is 31.5 Å². The van der Waals surface area contributed by atoms with Gasteiger partial charge in [0, 0.05) is 19.1 Å². The van der Waals surface area contributed by atoms with Gasteiger partial charge in [0.2, 0.25) is 10.0 Å². The second-order valence-electron chi connectivity index (χ2n) is 4.90. The lowest BCUT2D eigenvalue weighted by Gasteiger charge is -2.30. The van der Waals surface area contributed by atoms with Crippen LogP contribution in [0.5, 0.6) is 0 Å². The molecule has 1 aromatic rings. The van der Waals surface area contributed by atoms with Crippen LogP contribution in [-0.4, -0.2) is 31.9 Å². The Labute approximate surface area is 137 Å². The van der Waals surface area contributed by atoms with Crippen LogP contribution in [0.15, 0.2) is 23.1 Å². The fourth-order valence-corrected chi connectivity index (χ4v) is 4.01. The summed E-state index contributed by atoms with van der Waals surface area (Å²) in [6.07, 6.45) is -3.43. The molecule has 2 N–H and O–H groups in total. The van der Waals surface area contributed by atoms with Gasteiger partial charge in [-0.15, -0.1) is 12.4 Å². The number of halogens is 5. The number of sulfonamides is 1. The summed E-state index contributed by atoms with van der Waals surface area (Å²) >= 11 is 5.49. The largest absolute Gasteiger partial charge is 0.417 e. The molecule has 0 bridgehead atoms. The van der Waals surface area contributed by atoms with Crippen LogP contribution in [0.25, 0.3) is 0 Å². The van der Waals surface area contributed by atoms with E-state index < -0.39 is 31.7 Å². The molecule has 10 heteroatoms. The molecule has 1 aliphatic rings. The molecule has 0 aliphatic carbocycles. The second-order valence-corrected chi connectivity index (χ2v) is 7.25. The maximum atomic E-state index is 12.8. The quantitative estimate of drug-likeness (QED) is 0.860. The van der Waals surface area contributed by atoms with E-state index in [4.69, 9.17) is 17.3 Å². The predicted molar refractivity (Wildman–Crippen MR) is 79.7 cm³/mol. The van der Waals surface area contributed by atoms with Gasteiger partial charge in [-0.2, -0.15) is 17.5 Å². The van der Waals surface area contributed by atoms with Gasteiger partial charge in [-0.25, -0.2) is 8.42 Å². The first kappa shape index (κ1) is 19.5. The number of hydrogen-bond donors (Lipinski definition) is 1. The van der Waals surface area contributed by atoms with Crippen molar-refractivity contribution in [2.24, 2.45) is 5.73 Å². The summed E-state index contributed by atoms with van der Waals surface area (Å²) in [5.74, 6) is 0. The van der Waals surface area contributed by atoms with Crippen LogP contribution in [0.1, 0.15) is 18.4 Å². The normalized spacial score (nSPS) is 20.5. The van der Waals surface area contributed by atoms with Gasteiger partial charge in [-0.1, -0.05) is 11.6 Å². The molecule has 0 saturated carbocycles. The van der Waals surface area contributed by atoms with Crippen LogP contribution >= 0.6 is 24.0 Å². The molecule has 1 fully saturated rings. The maximum Gasteiger partial charge on any atom is 0.417 e. The Morgan fingerprint density at radius 2 is 1.95 bits per heavy atom. The minimum Gasteiger partial charge on any atom is -0.327 e. The average molecular weight is 379 g/mol. The van der Waals surface area contributed by atoms with Crippen LogP contribution in [-0.2, 0) is 16.2 Å². The molecule has 0 amide bonds. The van der Waals surface area contributed by atoms with Crippen molar-refractivity contribution in [2.45, 2.75) is 30.0 Å². The van der Waals surface area contributed by atoms with Crippen molar-refractivity contribution in [1.82, 2.24) is 4.31 Å². The highest BCUT2D eigenvalue weighted by Crippen LogP contribution is 2.36. The van der Waals surface area contributed by atoms with Crippen molar-refractivity contribution in [3.05, 3.63) is 28.8 Å². The monoisotopic (exact) mass is 378 g/mol. The van der Waals surface area contributed by atoms with Crippen molar-refractivity contribution in [2.75, 3.05) is 13.1 Å². The zero-order chi connectivity index (χ0) is 15.8. The molecule has 0 spiro atoms. The number of alkyl halides is 3. The van der Waals surface area contributed by atoms with E-state index in [1.807, 2.05) is 0 Å². The Balaban J connectivity index is 0.00000242. The Morgan fingerprint density at radius 1 is 1.32 bits per heavy atom. The Bertz CT molecular complexity index is 638. The lowest BCUT2D eigenvalue weighted by molar-refractivity contribution is -0.137. The van der Waals surface area contributed by atoms with Crippen LogP contribution < -0.4 is 5.73 Å². The van der Waals surface area contributed by atoms with E-state index in [0.29, 0.717) is 18.9 Å². The van der Waals surface area contributed by atoms with Gasteiger partial charge < -0.3 is 5.73 Å². The highest BCUT2D eigenvalue weighted by Gasteiger charge is 2.36. The SMILES string of the molecule is Cl.NC1CCCN(S(=O)(=O)c2ccc(Cl)c(C(F)(F)F)c2)C1. The molecule has 126 valence electrons. The summed E-state index contributed by atoms with van der Waals surface area (Å²) in [6.45, 7) is 0.353. The smallest absolute Gasteiger partial charge is 0.327 e. The zero-order valence-electron chi connectivity index (χ0n) is 11.3. The fraction of sp³-hybridized carbons (Fsp3) is 0.500. The van der Waals surface area contributed by atoms with Crippen LogP contribution in [0, 0.1) is 0 Å². The van der Waals surface area contributed by atoms with E-state index in [1.54, 1.807) is 0 Å². The Kier molecular flexibility index (Phi) is 6.14. The van der Waals surface area contributed by atoms with E-state index in [2.05, 4.69) is 0 Å². The lowest BCUT2D eigenvalue weighted by atomic mass is 10.1. The third kappa shape index (κ3) is 4.05. The highest BCUT2D eigenvalue weighted by atomic mass is 35.5. The molecular formula is C12H15Cl2F3N2O2S. The van der Waals surface area contributed by atoms with Gasteiger partial charge in [-0.3, -0.25) is 0 Å². The second kappa shape index (κ2) is 6.92. The van der Waals surface area contributed by atoms with Crippen LogP contribution in [0.3, 0.4) is 0 Å². The predicted octanol–water partition coefficient (Wildman–Crippen LogP) is 2.89. The highest BCUT2D eigenvalue weighted by molar-refractivity contribution is 7.89. The zero-order valence-corrected chi connectivity index (χ0v) is 13.7. The van der Waals surface area contributed by atoms with Crippen molar-refractivity contribution < 1.29 is 21.6 Å². The Hall–Kier alpha value is -0.540. The van der Waals surface area contributed by atoms with Gasteiger partial charge in [0.05, 0.1) is 15.5 Å². The van der Waals surface area contributed by atoms with E-state index in [0.717, 1.165) is 16.4 Å². The third-order valence-electron chi connectivity index (χ3n) is 3.30. The number of benzene rings is 1. The molecule has 1 unspecified atom stereocenters. The number of rotatable bonds is 2. The first-order valence-electron chi connectivity index (χ1n) is 6.25. The first-order chi connectivity index (χ1) is 9.62. The van der Waals surface area contributed by atoms with Gasteiger partial charge in [0.25, 0.3) is 0 Å². The fourth-order valence-electron chi connectivity index (χ4n) is 2.22. The van der Waals surface area contributed by atoms with Gasteiger partial charge in [0.1, 0.15) is 0 Å². The lowest BCUT2D eigenvalue weighted by Crippen LogP contribution is -2.45. The molecule has 2 rings (SSSR count). The third-order valence-corrected chi connectivity index (χ3v) is 5.49. The molecule has 4 nitrogen and oxygen atoms in total. The maximum absolute atomic E-state index is 12.8. The first-order valence-corrected chi connectivity index (χ1v) is 8.06. The summed E-state index contributed by atoms with van der Waals surface area (Å²) < 4.78 is 64.3. The molecule has 1 heterocycles. The summed E-state index contributed by atoms with van der Waals surface area (Å²) in [4.78, 5) is -0.423. The molecular weight excluding hydrogens is 364 g/mol. The molecule has 1 aliphatic heterocycles. The summed E-state index contributed by atoms with van der Waals surface area (Å²) in [7, 11) is -4.00. The molecule has 1 saturated heterocycles. The Morgan fingerprint density at radius 3 is 2.50 bits per heavy atom. The molecule has 22 heavy (non-hydrogen) atoms. The van der Waals surface area contributed by atoms with Gasteiger partial charge in [0.15, 0.2) is 0 Å². The number of nitrogens with two attached hydrogens (primary N) is 1. The average Bonchev–Trinajstić information content (AvgIpc) is 2.37. The van der Waals surface area contributed by atoms with Crippen molar-refractivity contribution in [3.8, 4) is 0 Å². The van der Waals surface area contributed by atoms with Crippen molar-refractivity contribution in [1.29, 1.82) is 0 Å². The minimum absolute atomic E-state index is 0. The summed E-state index contributed by atoms with van der Waals surface area (Å²) in [5, 5.41) is -0.531. The van der Waals surface area contributed by atoms with E-state index in [1.165, 1.54) is 0 Å². The van der Waals surface area contributed by atoms with Gasteiger partial charge in [-0.05, 0) is 31.0 Å². The summed E-state index contributed by atoms with van der Waals surface area (Å²) in [5.41, 5.74) is 4.56. The van der Waals surface area contributed by atoms with Crippen molar-refractivity contribution in [3.63, 3.8) is 0 Å². The standard InChI is InChI=1S/C12H14ClF3N2O2S.ClH/c13-11-4-3-9(6-10(11)12(14,15)16)21(19,20)18-5-1-2-8(17)7-18;/h3-4,6,8H,1-2,5,7,17H2;1H. The minimum atomic E-state index is -4.71. The topological polar surface area (TPSA) is 63.4 Å². The molecule has 1 aromatic carbocycles. The van der Waals surface area contributed by atoms with Crippen LogP contribution in [0.4, 0.5) is 13.2 Å². The van der Waals surface area contributed by atoms with E-state index in [9.17, 15) is 21.6 Å². The molecule has 0 aromatic heterocycles. The van der Waals surface area contributed by atoms with Crippen LogP contribution in [0.2, 0.25) is 5.02 Å². The summed E-state index contributed by atoms with van der Waals surface area (Å²) in [6, 6.07) is 2.29. The van der Waals surface area contributed by atoms with Crippen molar-refractivity contribution >= 4 is 34.0 Å².